The zero-order valence-corrected chi connectivity index (χ0v) is 12.1. The van der Waals surface area contributed by atoms with Gasteiger partial charge in [-0.05, 0) is 23.4 Å². The first-order chi connectivity index (χ1) is 9.83. The number of rotatable bonds is 3. The van der Waals surface area contributed by atoms with Gasteiger partial charge in [0.15, 0.2) is 0 Å². The second kappa shape index (κ2) is 6.09. The molecule has 1 aliphatic heterocycles. The van der Waals surface area contributed by atoms with Crippen LogP contribution < -0.4 is 5.32 Å². The van der Waals surface area contributed by atoms with E-state index in [2.05, 4.69) is 29.6 Å². The quantitative estimate of drug-likeness (QED) is 0.921. The molecular formula is C16H18N2OS. The highest BCUT2D eigenvalue weighted by molar-refractivity contribution is 7.09. The Morgan fingerprint density at radius 3 is 2.85 bits per heavy atom. The van der Waals surface area contributed by atoms with Gasteiger partial charge in [0.05, 0.1) is 6.54 Å². The summed E-state index contributed by atoms with van der Waals surface area (Å²) in [6.45, 7) is 2.29. The van der Waals surface area contributed by atoms with Crippen molar-refractivity contribution in [2.75, 3.05) is 13.1 Å². The Morgan fingerprint density at radius 2 is 2.10 bits per heavy atom. The Kier molecular flexibility index (Phi) is 4.02. The van der Waals surface area contributed by atoms with Gasteiger partial charge in [-0.15, -0.1) is 11.3 Å². The Hall–Kier alpha value is -1.81. The number of hydrogen-bond acceptors (Lipinski definition) is 2. The molecule has 20 heavy (non-hydrogen) atoms. The highest BCUT2D eigenvalue weighted by atomic mass is 32.1. The molecule has 0 saturated carbocycles. The Bertz CT molecular complexity index is 553. The topological polar surface area (TPSA) is 32.3 Å². The first-order valence-electron chi connectivity index (χ1n) is 6.93. The number of nitrogens with one attached hydrogen (secondary N) is 1. The number of carbonyl (C=O) groups excluding carboxylic acids is 1. The predicted octanol–water partition coefficient (Wildman–Crippen LogP) is 3.45. The second-order valence-electron chi connectivity index (χ2n) is 5.08. The number of carbonyl (C=O) groups is 1. The lowest BCUT2D eigenvalue weighted by Gasteiger charge is -2.17. The maximum atomic E-state index is 12.1. The molecule has 0 unspecified atom stereocenters. The van der Waals surface area contributed by atoms with Crippen LogP contribution in [0.25, 0.3) is 0 Å². The van der Waals surface area contributed by atoms with Crippen LogP contribution in [-0.4, -0.2) is 24.0 Å². The van der Waals surface area contributed by atoms with Gasteiger partial charge in [0.2, 0.25) is 0 Å². The number of likely N-dealkylation sites (tertiary alicyclic amines) is 1. The number of nitrogens with zero attached hydrogens (tertiary/aromatic N) is 1. The highest BCUT2D eigenvalue weighted by Crippen LogP contribution is 2.26. The summed E-state index contributed by atoms with van der Waals surface area (Å²) in [4.78, 5) is 15.3. The van der Waals surface area contributed by atoms with Crippen molar-refractivity contribution in [3.8, 4) is 0 Å². The van der Waals surface area contributed by atoms with E-state index in [1.807, 2.05) is 28.5 Å². The van der Waals surface area contributed by atoms with Gasteiger partial charge in [0, 0.05) is 23.9 Å². The summed E-state index contributed by atoms with van der Waals surface area (Å²) in [7, 11) is 0. The molecule has 1 aromatic heterocycles. The molecule has 0 spiro atoms. The molecule has 2 aromatic rings. The van der Waals surface area contributed by atoms with Crippen LogP contribution in [0.3, 0.4) is 0 Å². The van der Waals surface area contributed by atoms with Gasteiger partial charge in [0.25, 0.3) is 0 Å². The standard InChI is InChI=1S/C16H18N2OS/c19-16(17-11-15-7-4-10-20-15)18-9-8-14(12-18)13-5-2-1-3-6-13/h1-7,10,14H,8-9,11-12H2,(H,17,19)/t14-/m0/s1. The SMILES string of the molecule is O=C(NCc1cccs1)N1CC[C@H](c2ccccc2)C1. The first kappa shape index (κ1) is 13.2. The predicted molar refractivity (Wildman–Crippen MR) is 81.9 cm³/mol. The van der Waals surface area contributed by atoms with Gasteiger partial charge in [-0.1, -0.05) is 36.4 Å². The monoisotopic (exact) mass is 286 g/mol. The molecule has 1 saturated heterocycles. The largest absolute Gasteiger partial charge is 0.333 e. The highest BCUT2D eigenvalue weighted by Gasteiger charge is 2.26. The Balaban J connectivity index is 1.53. The smallest absolute Gasteiger partial charge is 0.317 e. The van der Waals surface area contributed by atoms with E-state index in [1.54, 1.807) is 11.3 Å². The molecule has 2 heterocycles. The first-order valence-corrected chi connectivity index (χ1v) is 7.81. The normalized spacial score (nSPS) is 18.2. The minimum atomic E-state index is 0.0526. The zero-order chi connectivity index (χ0) is 13.8. The number of hydrogen-bond donors (Lipinski definition) is 1. The minimum absolute atomic E-state index is 0.0526. The third-order valence-corrected chi connectivity index (χ3v) is 4.62. The van der Waals surface area contributed by atoms with E-state index in [0.29, 0.717) is 12.5 Å². The van der Waals surface area contributed by atoms with Crippen molar-refractivity contribution >= 4 is 17.4 Å². The molecular weight excluding hydrogens is 268 g/mol. The molecule has 1 aromatic carbocycles. The lowest BCUT2D eigenvalue weighted by Crippen LogP contribution is -2.37. The molecule has 3 nitrogen and oxygen atoms in total. The van der Waals surface area contributed by atoms with E-state index in [1.165, 1.54) is 10.4 Å². The summed E-state index contributed by atoms with van der Waals surface area (Å²) in [6.07, 6.45) is 1.05. The van der Waals surface area contributed by atoms with Crippen molar-refractivity contribution < 1.29 is 4.79 Å². The zero-order valence-electron chi connectivity index (χ0n) is 11.3. The van der Waals surface area contributed by atoms with E-state index in [-0.39, 0.29) is 6.03 Å². The summed E-state index contributed by atoms with van der Waals surface area (Å²) in [5.74, 6) is 0.476. The Morgan fingerprint density at radius 1 is 1.25 bits per heavy atom. The van der Waals surface area contributed by atoms with E-state index >= 15 is 0 Å². The maximum absolute atomic E-state index is 12.1. The Labute approximate surface area is 123 Å². The fourth-order valence-electron chi connectivity index (χ4n) is 2.63. The average molecular weight is 286 g/mol. The van der Waals surface area contributed by atoms with E-state index < -0.39 is 0 Å². The van der Waals surface area contributed by atoms with Gasteiger partial charge in [-0.25, -0.2) is 4.79 Å². The van der Waals surface area contributed by atoms with Crippen molar-refractivity contribution in [1.82, 2.24) is 10.2 Å². The molecule has 2 amide bonds. The van der Waals surface area contributed by atoms with Gasteiger partial charge >= 0.3 is 6.03 Å². The van der Waals surface area contributed by atoms with Crippen LogP contribution in [0.4, 0.5) is 4.79 Å². The minimum Gasteiger partial charge on any atom is -0.333 e. The second-order valence-corrected chi connectivity index (χ2v) is 6.11. The van der Waals surface area contributed by atoms with Crippen LogP contribution in [0, 0.1) is 0 Å². The summed E-state index contributed by atoms with van der Waals surface area (Å²) >= 11 is 1.67. The number of benzene rings is 1. The number of thiophene rings is 1. The molecule has 3 rings (SSSR count). The molecule has 0 radical (unpaired) electrons. The molecule has 1 fully saturated rings. The molecule has 1 N–H and O–H groups in total. The van der Waals surface area contributed by atoms with Crippen molar-refractivity contribution in [3.05, 3.63) is 58.3 Å². The van der Waals surface area contributed by atoms with Gasteiger partial charge in [0.1, 0.15) is 0 Å². The van der Waals surface area contributed by atoms with E-state index in [9.17, 15) is 4.79 Å². The van der Waals surface area contributed by atoms with Crippen LogP contribution in [0.1, 0.15) is 22.8 Å². The van der Waals surface area contributed by atoms with Crippen molar-refractivity contribution in [3.63, 3.8) is 0 Å². The summed E-state index contributed by atoms with van der Waals surface area (Å²) in [5, 5.41) is 5.03. The van der Waals surface area contributed by atoms with Crippen molar-refractivity contribution in [2.45, 2.75) is 18.9 Å². The summed E-state index contributed by atoms with van der Waals surface area (Å²) in [5.41, 5.74) is 1.33. The maximum Gasteiger partial charge on any atom is 0.317 e. The summed E-state index contributed by atoms with van der Waals surface area (Å²) in [6, 6.07) is 14.6. The van der Waals surface area contributed by atoms with Crippen LogP contribution in [-0.2, 0) is 6.54 Å². The van der Waals surface area contributed by atoms with E-state index in [4.69, 9.17) is 0 Å². The van der Waals surface area contributed by atoms with Gasteiger partial charge in [-0.3, -0.25) is 0 Å². The third-order valence-electron chi connectivity index (χ3n) is 3.74. The third kappa shape index (κ3) is 3.02. The molecule has 1 aliphatic rings. The lowest BCUT2D eigenvalue weighted by molar-refractivity contribution is 0.208. The number of urea groups is 1. The summed E-state index contributed by atoms with van der Waals surface area (Å²) < 4.78 is 0. The molecule has 1 atom stereocenters. The van der Waals surface area contributed by atoms with Crippen LogP contribution >= 0.6 is 11.3 Å². The van der Waals surface area contributed by atoms with Crippen LogP contribution in [0.5, 0.6) is 0 Å². The van der Waals surface area contributed by atoms with Crippen molar-refractivity contribution in [2.24, 2.45) is 0 Å². The number of amides is 2. The fraction of sp³-hybridized carbons (Fsp3) is 0.312. The average Bonchev–Trinajstić information content (AvgIpc) is 3.17. The molecule has 4 heteroatoms. The fourth-order valence-corrected chi connectivity index (χ4v) is 3.27. The van der Waals surface area contributed by atoms with Crippen LogP contribution in [0.2, 0.25) is 0 Å². The van der Waals surface area contributed by atoms with E-state index in [0.717, 1.165) is 19.5 Å². The molecule has 0 bridgehead atoms. The molecule has 104 valence electrons. The molecule has 0 aliphatic carbocycles. The van der Waals surface area contributed by atoms with Gasteiger partial charge < -0.3 is 10.2 Å². The lowest BCUT2D eigenvalue weighted by atomic mass is 9.99. The van der Waals surface area contributed by atoms with Crippen LogP contribution in [0.15, 0.2) is 47.8 Å². The van der Waals surface area contributed by atoms with Crippen molar-refractivity contribution in [1.29, 1.82) is 0 Å². The van der Waals surface area contributed by atoms with Gasteiger partial charge in [-0.2, -0.15) is 0 Å².